The largest absolute Gasteiger partial charge is 0.456 e. The predicted molar refractivity (Wildman–Crippen MR) is 228 cm³/mol. The van der Waals surface area contributed by atoms with Crippen molar-refractivity contribution < 1.29 is 4.42 Å². The van der Waals surface area contributed by atoms with Crippen molar-refractivity contribution in [3.8, 4) is 44.7 Å². The number of furan rings is 1. The molecule has 0 spiro atoms. The lowest BCUT2D eigenvalue weighted by Crippen LogP contribution is -2.10. The van der Waals surface area contributed by atoms with Crippen LogP contribution in [-0.2, 0) is 0 Å². The minimum absolute atomic E-state index is 0.874. The molecule has 254 valence electrons. The molecule has 9 aromatic carbocycles. The summed E-state index contributed by atoms with van der Waals surface area (Å²) in [6.07, 6.45) is 0. The van der Waals surface area contributed by atoms with Crippen LogP contribution in [0.2, 0.25) is 0 Å². The SMILES string of the molecule is c1ccc(-c2cccc(N(c3ccc(-c4cccc(-c5cc6ccccc6o5)c4)cc3)c3ccc(-c4cc5ccccc5c5ccccc45)cc3)c2)cc1. The Balaban J connectivity index is 1.04. The highest BCUT2D eigenvalue weighted by molar-refractivity contribution is 6.13. The molecule has 0 fully saturated rings. The zero-order valence-electron chi connectivity index (χ0n) is 29.6. The van der Waals surface area contributed by atoms with E-state index in [1.807, 2.05) is 18.2 Å². The highest BCUT2D eigenvalue weighted by Gasteiger charge is 2.16. The summed E-state index contributed by atoms with van der Waals surface area (Å²) >= 11 is 0. The summed E-state index contributed by atoms with van der Waals surface area (Å²) in [6, 6.07) is 75.9. The predicted octanol–water partition coefficient (Wildman–Crippen LogP) is 14.9. The van der Waals surface area contributed by atoms with Crippen LogP contribution < -0.4 is 4.90 Å². The van der Waals surface area contributed by atoms with E-state index in [1.165, 1.54) is 43.8 Å². The topological polar surface area (TPSA) is 16.4 Å². The van der Waals surface area contributed by atoms with Gasteiger partial charge >= 0.3 is 0 Å². The first-order valence-electron chi connectivity index (χ1n) is 18.4. The number of para-hydroxylation sites is 1. The lowest BCUT2D eigenvalue weighted by Gasteiger charge is -2.26. The molecule has 0 atom stereocenters. The van der Waals surface area contributed by atoms with Gasteiger partial charge in [0.15, 0.2) is 0 Å². The number of rotatable bonds is 7. The van der Waals surface area contributed by atoms with Gasteiger partial charge in [-0.25, -0.2) is 0 Å². The second kappa shape index (κ2) is 13.4. The van der Waals surface area contributed by atoms with Gasteiger partial charge in [0.05, 0.1) is 0 Å². The number of hydrogen-bond acceptors (Lipinski definition) is 2. The number of fused-ring (bicyclic) bond motifs is 4. The van der Waals surface area contributed by atoms with E-state index in [9.17, 15) is 0 Å². The molecule has 10 aromatic rings. The van der Waals surface area contributed by atoms with Gasteiger partial charge in [-0.05, 0) is 116 Å². The minimum atomic E-state index is 0.874. The Morgan fingerprint density at radius 1 is 0.296 bits per heavy atom. The Hall–Kier alpha value is -7.16. The highest BCUT2D eigenvalue weighted by atomic mass is 16.3. The zero-order chi connectivity index (χ0) is 35.8. The maximum absolute atomic E-state index is 6.20. The van der Waals surface area contributed by atoms with Crippen LogP contribution in [0, 0.1) is 0 Å². The lowest BCUT2D eigenvalue weighted by molar-refractivity contribution is 0.631. The average Bonchev–Trinajstić information content (AvgIpc) is 3.69. The van der Waals surface area contributed by atoms with E-state index in [0.29, 0.717) is 0 Å². The van der Waals surface area contributed by atoms with Crippen LogP contribution in [0.25, 0.3) is 77.2 Å². The number of benzene rings is 9. The van der Waals surface area contributed by atoms with Crippen molar-refractivity contribution in [3.05, 3.63) is 212 Å². The van der Waals surface area contributed by atoms with E-state index < -0.39 is 0 Å². The Morgan fingerprint density at radius 3 is 1.61 bits per heavy atom. The standard InChI is InChI=1S/C52H35NO/c1-2-12-36(13-3-1)40-17-11-19-46(33-40)53(45-30-26-38(27-31-45)50-34-41-14-4-6-20-47(41)48-21-7-8-22-49(48)50)44-28-24-37(25-29-44)39-16-10-18-42(32-39)52-35-43-15-5-9-23-51(43)54-52/h1-35H. The Morgan fingerprint density at radius 2 is 0.852 bits per heavy atom. The fourth-order valence-corrected chi connectivity index (χ4v) is 7.76. The molecule has 1 aromatic heterocycles. The molecule has 2 heteroatoms. The third-order valence-electron chi connectivity index (χ3n) is 10.4. The van der Waals surface area contributed by atoms with Gasteiger partial charge in [0, 0.05) is 28.0 Å². The molecule has 0 aliphatic heterocycles. The molecule has 0 aliphatic rings. The van der Waals surface area contributed by atoms with Crippen LogP contribution in [0.3, 0.4) is 0 Å². The maximum Gasteiger partial charge on any atom is 0.135 e. The summed E-state index contributed by atoms with van der Waals surface area (Å²) < 4.78 is 6.20. The van der Waals surface area contributed by atoms with E-state index in [1.54, 1.807) is 0 Å². The van der Waals surface area contributed by atoms with Gasteiger partial charge in [-0.15, -0.1) is 0 Å². The van der Waals surface area contributed by atoms with Crippen molar-refractivity contribution in [1.82, 2.24) is 0 Å². The van der Waals surface area contributed by atoms with E-state index in [2.05, 4.69) is 199 Å². The number of nitrogens with zero attached hydrogens (tertiary/aromatic N) is 1. The molecule has 2 nitrogen and oxygen atoms in total. The first-order chi connectivity index (χ1) is 26.7. The van der Waals surface area contributed by atoms with Crippen LogP contribution >= 0.6 is 0 Å². The number of hydrogen-bond donors (Lipinski definition) is 0. The van der Waals surface area contributed by atoms with Gasteiger partial charge in [-0.1, -0.05) is 152 Å². The van der Waals surface area contributed by atoms with Crippen LogP contribution in [0.4, 0.5) is 17.1 Å². The highest BCUT2D eigenvalue weighted by Crippen LogP contribution is 2.40. The summed E-state index contributed by atoms with van der Waals surface area (Å²) in [5.74, 6) is 0.874. The Labute approximate surface area is 314 Å². The summed E-state index contributed by atoms with van der Waals surface area (Å²) in [4.78, 5) is 2.35. The van der Waals surface area contributed by atoms with Crippen molar-refractivity contribution in [1.29, 1.82) is 0 Å². The first kappa shape index (κ1) is 31.6. The van der Waals surface area contributed by atoms with E-state index in [-0.39, 0.29) is 0 Å². The van der Waals surface area contributed by atoms with Crippen LogP contribution in [0.15, 0.2) is 217 Å². The summed E-state index contributed by atoms with van der Waals surface area (Å²) in [6.45, 7) is 0. The molecule has 0 unspecified atom stereocenters. The van der Waals surface area contributed by atoms with Gasteiger partial charge in [-0.2, -0.15) is 0 Å². The molecular weight excluding hydrogens is 655 g/mol. The van der Waals surface area contributed by atoms with Gasteiger partial charge in [-0.3, -0.25) is 0 Å². The van der Waals surface area contributed by atoms with Crippen LogP contribution in [0.5, 0.6) is 0 Å². The molecule has 0 amide bonds. The molecule has 0 aliphatic carbocycles. The fraction of sp³-hybridized carbons (Fsp3) is 0. The smallest absolute Gasteiger partial charge is 0.135 e. The third kappa shape index (κ3) is 5.81. The van der Waals surface area contributed by atoms with E-state index in [4.69, 9.17) is 4.42 Å². The molecule has 0 bridgehead atoms. The molecule has 0 saturated heterocycles. The molecule has 0 radical (unpaired) electrons. The molecule has 54 heavy (non-hydrogen) atoms. The third-order valence-corrected chi connectivity index (χ3v) is 10.4. The average molecular weight is 690 g/mol. The lowest BCUT2D eigenvalue weighted by atomic mass is 9.93. The fourth-order valence-electron chi connectivity index (χ4n) is 7.76. The van der Waals surface area contributed by atoms with E-state index in [0.717, 1.165) is 50.5 Å². The normalized spacial score (nSPS) is 11.3. The van der Waals surface area contributed by atoms with Gasteiger partial charge in [0.25, 0.3) is 0 Å². The monoisotopic (exact) mass is 689 g/mol. The quantitative estimate of drug-likeness (QED) is 0.155. The second-order valence-corrected chi connectivity index (χ2v) is 13.8. The maximum atomic E-state index is 6.20. The Kier molecular flexibility index (Phi) is 7.85. The molecule has 0 saturated carbocycles. The molecule has 0 N–H and O–H groups in total. The zero-order valence-corrected chi connectivity index (χ0v) is 29.6. The van der Waals surface area contributed by atoms with Crippen molar-refractivity contribution >= 4 is 49.6 Å². The molecular formula is C52H35NO. The van der Waals surface area contributed by atoms with E-state index >= 15 is 0 Å². The van der Waals surface area contributed by atoms with Crippen molar-refractivity contribution in [2.24, 2.45) is 0 Å². The summed E-state index contributed by atoms with van der Waals surface area (Å²) in [7, 11) is 0. The van der Waals surface area contributed by atoms with Crippen molar-refractivity contribution in [3.63, 3.8) is 0 Å². The van der Waals surface area contributed by atoms with Crippen molar-refractivity contribution in [2.45, 2.75) is 0 Å². The van der Waals surface area contributed by atoms with Crippen LogP contribution in [-0.4, -0.2) is 0 Å². The van der Waals surface area contributed by atoms with Gasteiger partial charge in [0.1, 0.15) is 11.3 Å². The summed E-state index contributed by atoms with van der Waals surface area (Å²) in [5, 5.41) is 6.17. The minimum Gasteiger partial charge on any atom is -0.456 e. The van der Waals surface area contributed by atoms with Crippen LogP contribution in [0.1, 0.15) is 0 Å². The number of anilines is 3. The van der Waals surface area contributed by atoms with Crippen molar-refractivity contribution in [2.75, 3.05) is 4.90 Å². The second-order valence-electron chi connectivity index (χ2n) is 13.8. The first-order valence-corrected chi connectivity index (χ1v) is 18.4. The Bertz CT molecular complexity index is 2890. The van der Waals surface area contributed by atoms with Gasteiger partial charge < -0.3 is 9.32 Å². The summed E-state index contributed by atoms with van der Waals surface area (Å²) in [5.41, 5.74) is 12.3. The molecule has 1 heterocycles. The molecule has 10 rings (SSSR count). The van der Waals surface area contributed by atoms with Gasteiger partial charge in [0.2, 0.25) is 0 Å².